The lowest BCUT2D eigenvalue weighted by atomic mass is 9.83. The van der Waals surface area contributed by atoms with Crippen LogP contribution in [0, 0.1) is 0 Å². The molecule has 0 saturated heterocycles. The van der Waals surface area contributed by atoms with Crippen LogP contribution in [0.1, 0.15) is 34.7 Å². The topological polar surface area (TPSA) is 91.6 Å². The molecule has 2 aliphatic rings. The first-order valence-electron chi connectivity index (χ1n) is 16.1. The average Bonchev–Trinajstić information content (AvgIpc) is 3.71. The van der Waals surface area contributed by atoms with Crippen LogP contribution in [0.3, 0.4) is 0 Å². The highest BCUT2D eigenvalue weighted by Gasteiger charge is 2.33. The molecule has 0 bridgehead atoms. The van der Waals surface area contributed by atoms with Crippen LogP contribution in [0.2, 0.25) is 0 Å². The molecular formula is C40H27BrN4O4S. The molecule has 8 nitrogen and oxygen atoms in total. The number of para-hydroxylation sites is 2. The van der Waals surface area contributed by atoms with Gasteiger partial charge >= 0.3 is 5.63 Å². The zero-order valence-corrected chi connectivity index (χ0v) is 29.1. The monoisotopic (exact) mass is 738 g/mol. The summed E-state index contributed by atoms with van der Waals surface area (Å²) in [6, 6.07) is 32.8. The molecule has 0 spiro atoms. The van der Waals surface area contributed by atoms with Crippen LogP contribution < -0.4 is 25.3 Å². The summed E-state index contributed by atoms with van der Waals surface area (Å²) in [5.41, 5.74) is 7.25. The van der Waals surface area contributed by atoms with E-state index in [1.165, 1.54) is 16.9 Å². The van der Waals surface area contributed by atoms with E-state index in [0.29, 0.717) is 31.7 Å². The number of benzene rings is 4. The Kier molecular flexibility index (Phi) is 7.36. The van der Waals surface area contributed by atoms with Gasteiger partial charge in [-0.15, -0.1) is 0 Å². The lowest BCUT2D eigenvalue weighted by Gasteiger charge is -2.31. The Balaban J connectivity index is 1.27. The van der Waals surface area contributed by atoms with E-state index in [4.69, 9.17) is 19.2 Å². The van der Waals surface area contributed by atoms with Gasteiger partial charge in [0.1, 0.15) is 17.0 Å². The average molecular weight is 740 g/mol. The summed E-state index contributed by atoms with van der Waals surface area (Å²) in [5, 5.41) is 5.65. The van der Waals surface area contributed by atoms with Crippen LogP contribution in [0.25, 0.3) is 39.7 Å². The number of halogens is 1. The Hall–Kier alpha value is -5.58. The van der Waals surface area contributed by atoms with Crippen molar-refractivity contribution in [3.8, 4) is 22.7 Å². The number of hydrogen-bond donors (Lipinski definition) is 0. The van der Waals surface area contributed by atoms with Crippen molar-refractivity contribution in [1.29, 1.82) is 0 Å². The van der Waals surface area contributed by atoms with Gasteiger partial charge in [0.2, 0.25) is 0 Å². The Labute approximate surface area is 297 Å². The summed E-state index contributed by atoms with van der Waals surface area (Å²) in [5.74, 6) is 0.810. The third-order valence-electron chi connectivity index (χ3n) is 9.30. The number of allylic oxidation sites excluding steroid dienone is 1. The minimum Gasteiger partial charge on any atom is -0.497 e. The van der Waals surface area contributed by atoms with Crippen molar-refractivity contribution in [2.75, 3.05) is 7.11 Å². The van der Waals surface area contributed by atoms with E-state index >= 15 is 0 Å². The summed E-state index contributed by atoms with van der Waals surface area (Å²) < 4.78 is 16.2. The van der Waals surface area contributed by atoms with Gasteiger partial charge in [0.25, 0.3) is 5.56 Å². The summed E-state index contributed by atoms with van der Waals surface area (Å²) >= 11 is 4.91. The molecule has 0 fully saturated rings. The van der Waals surface area contributed by atoms with Gasteiger partial charge in [-0.05, 0) is 90.2 Å². The maximum atomic E-state index is 14.6. The SMILES string of the molecule is COc1ccc2c(c1)CCC1=C2N=c2sc(=Cc3cn(-c4ccccc4)nc3-c3cc4ccccc4oc3=O)c(=O)n2C1c1ccc(Br)cc1. The van der Waals surface area contributed by atoms with E-state index in [9.17, 15) is 9.59 Å². The van der Waals surface area contributed by atoms with Crippen LogP contribution in [0.4, 0.5) is 0 Å². The lowest BCUT2D eigenvalue weighted by molar-refractivity contribution is 0.414. The van der Waals surface area contributed by atoms with Crippen LogP contribution >= 0.6 is 27.3 Å². The number of hydrogen-bond acceptors (Lipinski definition) is 7. The molecular weight excluding hydrogens is 712 g/mol. The minimum absolute atomic E-state index is 0.155. The summed E-state index contributed by atoms with van der Waals surface area (Å²) in [6.07, 6.45) is 5.24. The molecule has 50 heavy (non-hydrogen) atoms. The smallest absolute Gasteiger partial charge is 0.345 e. The van der Waals surface area contributed by atoms with Crippen LogP contribution in [0.15, 0.2) is 138 Å². The van der Waals surface area contributed by atoms with E-state index in [2.05, 4.69) is 40.2 Å². The van der Waals surface area contributed by atoms with E-state index in [1.807, 2.05) is 83.6 Å². The molecule has 3 aromatic heterocycles. The van der Waals surface area contributed by atoms with Gasteiger partial charge in [0.15, 0.2) is 4.80 Å². The number of nitrogens with zero attached hydrogens (tertiary/aromatic N) is 4. The van der Waals surface area contributed by atoms with Crippen molar-refractivity contribution >= 4 is 50.0 Å². The molecule has 1 unspecified atom stereocenters. The predicted molar refractivity (Wildman–Crippen MR) is 198 cm³/mol. The Morgan fingerprint density at radius 2 is 1.72 bits per heavy atom. The van der Waals surface area contributed by atoms with Crippen molar-refractivity contribution in [3.05, 3.63) is 172 Å². The summed E-state index contributed by atoms with van der Waals surface area (Å²) in [7, 11) is 1.67. The van der Waals surface area contributed by atoms with Gasteiger partial charge in [-0.3, -0.25) is 9.36 Å². The first-order chi connectivity index (χ1) is 24.4. The number of thiazole rings is 1. The highest BCUT2D eigenvalue weighted by atomic mass is 79.9. The standard InChI is InChI=1S/C40H27BrN4O4S/c1-48-29-16-18-30-24(19-29)13-17-31-36(30)42-40-45(37(31)23-11-14-27(41)15-12-23)38(46)34(50-40)21-26-22-44(28-8-3-2-4-9-28)43-35(26)32-20-25-7-5-6-10-33(25)49-39(32)47/h2-12,14-16,18-22,37H,13,17H2,1H3. The summed E-state index contributed by atoms with van der Waals surface area (Å²) in [6.45, 7) is 0. The van der Waals surface area contributed by atoms with Crippen molar-refractivity contribution in [1.82, 2.24) is 14.3 Å². The highest BCUT2D eigenvalue weighted by Crippen LogP contribution is 2.42. The van der Waals surface area contributed by atoms with Crippen molar-refractivity contribution in [2.24, 2.45) is 4.99 Å². The van der Waals surface area contributed by atoms with E-state index in [-0.39, 0.29) is 11.6 Å². The van der Waals surface area contributed by atoms with Gasteiger partial charge in [-0.2, -0.15) is 5.10 Å². The molecule has 4 heterocycles. The van der Waals surface area contributed by atoms with Crippen molar-refractivity contribution < 1.29 is 9.15 Å². The fourth-order valence-electron chi connectivity index (χ4n) is 6.92. The number of aromatic nitrogens is 3. The Morgan fingerprint density at radius 3 is 2.54 bits per heavy atom. The number of aryl methyl sites for hydroxylation is 1. The maximum absolute atomic E-state index is 14.6. The second kappa shape index (κ2) is 12.1. The maximum Gasteiger partial charge on any atom is 0.345 e. The molecule has 4 aromatic carbocycles. The van der Waals surface area contributed by atoms with Gasteiger partial charge in [-0.1, -0.05) is 75.8 Å². The van der Waals surface area contributed by atoms with Crippen LogP contribution in [-0.2, 0) is 6.42 Å². The molecule has 244 valence electrons. The molecule has 10 heteroatoms. The van der Waals surface area contributed by atoms with Gasteiger partial charge < -0.3 is 9.15 Å². The third-order valence-corrected chi connectivity index (χ3v) is 10.8. The molecule has 1 aliphatic carbocycles. The molecule has 1 aliphatic heterocycles. The molecule has 9 rings (SSSR count). The second-order valence-electron chi connectivity index (χ2n) is 12.2. The van der Waals surface area contributed by atoms with Crippen molar-refractivity contribution in [2.45, 2.75) is 18.9 Å². The minimum atomic E-state index is -0.503. The summed E-state index contributed by atoms with van der Waals surface area (Å²) in [4.78, 5) is 33.7. The zero-order valence-electron chi connectivity index (χ0n) is 26.7. The van der Waals surface area contributed by atoms with E-state index in [0.717, 1.165) is 56.5 Å². The fraction of sp³-hybridized carbons (Fsp3) is 0.100. The van der Waals surface area contributed by atoms with Gasteiger partial charge in [0, 0.05) is 27.2 Å². The van der Waals surface area contributed by atoms with Gasteiger partial charge in [0.05, 0.1) is 34.6 Å². The number of ether oxygens (including phenoxy) is 1. The molecule has 1 atom stereocenters. The fourth-order valence-corrected chi connectivity index (χ4v) is 8.17. The number of fused-ring (bicyclic) bond motifs is 4. The number of rotatable bonds is 5. The first-order valence-corrected chi connectivity index (χ1v) is 17.7. The van der Waals surface area contributed by atoms with E-state index in [1.54, 1.807) is 23.9 Å². The third kappa shape index (κ3) is 5.10. The van der Waals surface area contributed by atoms with Crippen LogP contribution in [0.5, 0.6) is 5.75 Å². The highest BCUT2D eigenvalue weighted by molar-refractivity contribution is 9.10. The quantitative estimate of drug-likeness (QED) is 0.177. The Morgan fingerprint density at radius 1 is 0.920 bits per heavy atom. The van der Waals surface area contributed by atoms with Gasteiger partial charge in [-0.25, -0.2) is 14.5 Å². The largest absolute Gasteiger partial charge is 0.497 e. The predicted octanol–water partition coefficient (Wildman–Crippen LogP) is 7.05. The second-order valence-corrected chi connectivity index (χ2v) is 14.2. The Bertz CT molecular complexity index is 2760. The molecule has 0 N–H and O–H groups in total. The van der Waals surface area contributed by atoms with E-state index < -0.39 is 5.63 Å². The van der Waals surface area contributed by atoms with Crippen LogP contribution in [-0.4, -0.2) is 21.5 Å². The van der Waals surface area contributed by atoms with Crippen molar-refractivity contribution in [3.63, 3.8) is 0 Å². The molecule has 0 amide bonds. The normalized spacial score (nSPS) is 15.4. The molecule has 0 saturated carbocycles. The molecule has 7 aromatic rings. The molecule has 0 radical (unpaired) electrons. The zero-order chi connectivity index (χ0) is 33.9. The first kappa shape index (κ1) is 30.5. The number of methoxy groups -OCH3 is 1. The lowest BCUT2D eigenvalue weighted by Crippen LogP contribution is -2.38.